The van der Waals surface area contributed by atoms with Crippen LogP contribution in [0.2, 0.25) is 10.3 Å². The first-order valence-electron chi connectivity index (χ1n) is 5.68. The second-order valence-electron chi connectivity index (χ2n) is 4.24. The SMILES string of the molecule is O=C(c1c(Cl)ncnc1Cl)C1CCN(C(=O)O)CC1. The van der Waals surface area contributed by atoms with Gasteiger partial charge < -0.3 is 10.0 Å². The fourth-order valence-electron chi connectivity index (χ4n) is 2.08. The number of carbonyl (C=O) groups excluding carboxylic acids is 1. The number of rotatable bonds is 2. The van der Waals surface area contributed by atoms with Gasteiger partial charge in [0.25, 0.3) is 0 Å². The molecule has 1 aliphatic heterocycles. The molecule has 6 nitrogen and oxygen atoms in total. The Morgan fingerprint density at radius 2 is 1.74 bits per heavy atom. The molecule has 1 amide bonds. The van der Waals surface area contributed by atoms with Gasteiger partial charge in [0.2, 0.25) is 0 Å². The van der Waals surface area contributed by atoms with E-state index in [2.05, 4.69) is 9.97 Å². The van der Waals surface area contributed by atoms with Gasteiger partial charge in [-0.3, -0.25) is 4.79 Å². The lowest BCUT2D eigenvalue weighted by atomic mass is 9.90. The quantitative estimate of drug-likeness (QED) is 0.670. The molecule has 1 aromatic heterocycles. The minimum atomic E-state index is -0.968. The minimum Gasteiger partial charge on any atom is -0.465 e. The van der Waals surface area contributed by atoms with E-state index in [1.165, 1.54) is 11.2 Å². The van der Waals surface area contributed by atoms with Crippen molar-refractivity contribution in [1.29, 1.82) is 0 Å². The van der Waals surface area contributed by atoms with Gasteiger partial charge >= 0.3 is 6.09 Å². The van der Waals surface area contributed by atoms with Crippen molar-refractivity contribution in [3.05, 3.63) is 22.2 Å². The van der Waals surface area contributed by atoms with Gasteiger partial charge in [0.15, 0.2) is 5.78 Å². The zero-order valence-corrected chi connectivity index (χ0v) is 11.4. The van der Waals surface area contributed by atoms with Crippen molar-refractivity contribution in [2.45, 2.75) is 12.8 Å². The topological polar surface area (TPSA) is 83.4 Å². The molecule has 0 unspecified atom stereocenters. The number of halogens is 2. The van der Waals surface area contributed by atoms with E-state index < -0.39 is 6.09 Å². The Kier molecular flexibility index (Phi) is 4.21. The van der Waals surface area contributed by atoms with Gasteiger partial charge in [-0.05, 0) is 12.8 Å². The molecule has 0 radical (unpaired) electrons. The van der Waals surface area contributed by atoms with Crippen LogP contribution in [0.4, 0.5) is 4.79 Å². The predicted molar refractivity (Wildman–Crippen MR) is 68.7 cm³/mol. The summed E-state index contributed by atoms with van der Waals surface area (Å²) in [4.78, 5) is 31.9. The second kappa shape index (κ2) is 5.71. The summed E-state index contributed by atoms with van der Waals surface area (Å²) in [6, 6.07) is 0. The highest BCUT2D eigenvalue weighted by Crippen LogP contribution is 2.28. The summed E-state index contributed by atoms with van der Waals surface area (Å²) >= 11 is 11.7. The second-order valence-corrected chi connectivity index (χ2v) is 4.95. The molecule has 1 saturated heterocycles. The van der Waals surface area contributed by atoms with E-state index in [0.717, 1.165) is 0 Å². The molecule has 0 bridgehead atoms. The lowest BCUT2D eigenvalue weighted by molar-refractivity contribution is 0.0821. The number of hydrogen-bond acceptors (Lipinski definition) is 4. The highest BCUT2D eigenvalue weighted by atomic mass is 35.5. The van der Waals surface area contributed by atoms with Crippen molar-refractivity contribution in [3.8, 4) is 0 Å². The van der Waals surface area contributed by atoms with Crippen molar-refractivity contribution < 1.29 is 14.7 Å². The molecule has 1 aliphatic rings. The van der Waals surface area contributed by atoms with Crippen LogP contribution >= 0.6 is 23.2 Å². The molecule has 2 heterocycles. The Morgan fingerprint density at radius 1 is 1.21 bits per heavy atom. The highest BCUT2D eigenvalue weighted by molar-refractivity contribution is 6.38. The number of Topliss-reactive ketones (excluding diaryl/α,β-unsaturated/α-hetero) is 1. The molecule has 0 saturated carbocycles. The first-order valence-corrected chi connectivity index (χ1v) is 6.44. The molecule has 1 aromatic rings. The van der Waals surface area contributed by atoms with Crippen LogP contribution in [0.25, 0.3) is 0 Å². The number of ketones is 1. The third kappa shape index (κ3) is 2.96. The normalized spacial score (nSPS) is 16.4. The number of aromatic nitrogens is 2. The van der Waals surface area contributed by atoms with E-state index in [1.807, 2.05) is 0 Å². The van der Waals surface area contributed by atoms with Crippen LogP contribution in [-0.4, -0.2) is 44.9 Å². The molecular weight excluding hydrogens is 293 g/mol. The summed E-state index contributed by atoms with van der Waals surface area (Å²) in [6.07, 6.45) is 1.12. The third-order valence-electron chi connectivity index (χ3n) is 3.14. The Hall–Kier alpha value is -1.40. The molecule has 1 fully saturated rings. The highest BCUT2D eigenvalue weighted by Gasteiger charge is 2.30. The van der Waals surface area contributed by atoms with Gasteiger partial charge in [-0.2, -0.15) is 0 Å². The maximum Gasteiger partial charge on any atom is 0.407 e. The third-order valence-corrected chi connectivity index (χ3v) is 3.71. The summed E-state index contributed by atoms with van der Waals surface area (Å²) in [5.41, 5.74) is 0.125. The molecule has 0 aliphatic carbocycles. The Labute approximate surface area is 119 Å². The fraction of sp³-hybridized carbons (Fsp3) is 0.455. The molecule has 1 N–H and O–H groups in total. The maximum absolute atomic E-state index is 12.3. The van der Waals surface area contributed by atoms with Crippen LogP contribution in [0.1, 0.15) is 23.2 Å². The molecule has 0 spiro atoms. The summed E-state index contributed by atoms with van der Waals surface area (Å²) in [6.45, 7) is 0.656. The van der Waals surface area contributed by atoms with Gasteiger partial charge in [0.1, 0.15) is 16.6 Å². The van der Waals surface area contributed by atoms with Crippen LogP contribution in [0.5, 0.6) is 0 Å². The Morgan fingerprint density at radius 3 is 2.21 bits per heavy atom. The van der Waals surface area contributed by atoms with Crippen LogP contribution < -0.4 is 0 Å². The molecule has 2 rings (SSSR count). The maximum atomic E-state index is 12.3. The van der Waals surface area contributed by atoms with E-state index in [0.29, 0.717) is 25.9 Å². The molecule has 102 valence electrons. The Bertz CT molecular complexity index is 496. The summed E-state index contributed by atoms with van der Waals surface area (Å²) in [5.74, 6) is -0.516. The van der Waals surface area contributed by atoms with E-state index in [4.69, 9.17) is 28.3 Å². The van der Waals surface area contributed by atoms with Gasteiger partial charge in [-0.25, -0.2) is 14.8 Å². The number of hydrogen-bond donors (Lipinski definition) is 1. The number of likely N-dealkylation sites (tertiary alicyclic amines) is 1. The first kappa shape index (κ1) is 14.0. The lowest BCUT2D eigenvalue weighted by Crippen LogP contribution is -2.39. The van der Waals surface area contributed by atoms with Crippen LogP contribution in [0.3, 0.4) is 0 Å². The number of carboxylic acid groups (broad SMARTS) is 1. The van der Waals surface area contributed by atoms with Crippen LogP contribution in [0, 0.1) is 5.92 Å². The first-order chi connectivity index (χ1) is 9.00. The number of carbonyl (C=O) groups is 2. The van der Waals surface area contributed by atoms with Gasteiger partial charge in [0.05, 0.1) is 5.56 Å². The molecular formula is C11H11Cl2N3O3. The number of piperidine rings is 1. The van der Waals surface area contributed by atoms with Gasteiger partial charge in [-0.15, -0.1) is 0 Å². The lowest BCUT2D eigenvalue weighted by Gasteiger charge is -2.29. The van der Waals surface area contributed by atoms with Crippen molar-refractivity contribution >= 4 is 35.1 Å². The standard InChI is InChI=1S/C11H11Cl2N3O3/c12-9-7(10(13)15-5-14-9)8(17)6-1-3-16(4-2-6)11(18)19/h5-6H,1-4H2,(H,18,19). The average Bonchev–Trinajstić information content (AvgIpc) is 2.38. The molecule has 0 atom stereocenters. The molecule has 19 heavy (non-hydrogen) atoms. The smallest absolute Gasteiger partial charge is 0.407 e. The van der Waals surface area contributed by atoms with Crippen molar-refractivity contribution in [2.24, 2.45) is 5.92 Å². The fourth-order valence-corrected chi connectivity index (χ4v) is 2.59. The van der Waals surface area contributed by atoms with Crippen molar-refractivity contribution in [3.63, 3.8) is 0 Å². The van der Waals surface area contributed by atoms with Crippen LogP contribution in [-0.2, 0) is 0 Å². The largest absolute Gasteiger partial charge is 0.465 e. The van der Waals surface area contributed by atoms with Crippen molar-refractivity contribution in [1.82, 2.24) is 14.9 Å². The molecule has 8 heteroatoms. The van der Waals surface area contributed by atoms with Gasteiger partial charge in [0, 0.05) is 19.0 Å². The summed E-state index contributed by atoms with van der Waals surface area (Å²) in [7, 11) is 0. The zero-order chi connectivity index (χ0) is 14.0. The Balaban J connectivity index is 2.12. The number of nitrogens with zero attached hydrogens (tertiary/aromatic N) is 3. The van der Waals surface area contributed by atoms with E-state index >= 15 is 0 Å². The summed E-state index contributed by atoms with van der Waals surface area (Å²) < 4.78 is 0. The van der Waals surface area contributed by atoms with Crippen molar-refractivity contribution in [2.75, 3.05) is 13.1 Å². The van der Waals surface area contributed by atoms with E-state index in [1.54, 1.807) is 0 Å². The average molecular weight is 304 g/mol. The van der Waals surface area contributed by atoms with E-state index in [-0.39, 0.29) is 27.6 Å². The predicted octanol–water partition coefficient (Wildman–Crippen LogP) is 2.36. The van der Waals surface area contributed by atoms with Crippen LogP contribution in [0.15, 0.2) is 6.33 Å². The summed E-state index contributed by atoms with van der Waals surface area (Å²) in [5, 5.41) is 8.91. The minimum absolute atomic E-state index is 0.0330. The monoisotopic (exact) mass is 303 g/mol. The number of amides is 1. The van der Waals surface area contributed by atoms with Gasteiger partial charge in [-0.1, -0.05) is 23.2 Å². The molecule has 0 aromatic carbocycles. The van der Waals surface area contributed by atoms with E-state index in [9.17, 15) is 9.59 Å². The zero-order valence-electron chi connectivity index (χ0n) is 9.84.